The van der Waals surface area contributed by atoms with Gasteiger partial charge in [-0.1, -0.05) is 0 Å². The van der Waals surface area contributed by atoms with Crippen molar-refractivity contribution in [2.45, 2.75) is 43.7 Å². The standard InChI is InChI=1S/C22H29F6N5O6/c1-12-16(31-10-20(2,37)18(35)32-11-21(24,25)22(26,27)28)17(34)33(7-8-38-19(36)30-6-5-29)14-9-13(23)3-4-15(14)39-12/h3-4,9,12,16,31,37H,5-8,10-11,29H2,1-2H3,(H,30,36)(H,32,35)/t12-,16+,20+/m1/s1. The van der Waals surface area contributed by atoms with E-state index in [-0.39, 0.29) is 37.7 Å². The first kappa shape index (κ1) is 31.9. The van der Waals surface area contributed by atoms with Gasteiger partial charge >= 0.3 is 18.2 Å². The zero-order chi connectivity index (χ0) is 29.6. The van der Waals surface area contributed by atoms with Crippen molar-refractivity contribution in [3.63, 3.8) is 0 Å². The van der Waals surface area contributed by atoms with Crippen LogP contribution in [0.15, 0.2) is 18.2 Å². The Morgan fingerprint density at radius 2 is 1.85 bits per heavy atom. The molecule has 1 aliphatic heterocycles. The van der Waals surface area contributed by atoms with Crippen LogP contribution in [-0.4, -0.2) is 92.2 Å². The number of nitrogens with zero attached hydrogens (tertiary/aromatic N) is 1. The van der Waals surface area contributed by atoms with Gasteiger partial charge in [0.05, 0.1) is 18.8 Å². The van der Waals surface area contributed by atoms with Crippen molar-refractivity contribution in [1.82, 2.24) is 16.0 Å². The van der Waals surface area contributed by atoms with E-state index in [1.54, 1.807) is 0 Å². The van der Waals surface area contributed by atoms with Gasteiger partial charge in [0.25, 0.3) is 5.91 Å². The Labute approximate surface area is 219 Å². The Bertz CT molecular complexity index is 1040. The van der Waals surface area contributed by atoms with Crippen molar-refractivity contribution >= 4 is 23.6 Å². The summed E-state index contributed by atoms with van der Waals surface area (Å²) in [5.74, 6) is -8.21. The van der Waals surface area contributed by atoms with Crippen LogP contribution in [0.2, 0.25) is 0 Å². The highest BCUT2D eigenvalue weighted by molar-refractivity contribution is 5.99. The molecule has 1 aliphatic rings. The fourth-order valence-electron chi connectivity index (χ4n) is 3.37. The minimum absolute atomic E-state index is 0.0130. The van der Waals surface area contributed by atoms with Crippen molar-refractivity contribution in [2.24, 2.45) is 5.73 Å². The third kappa shape index (κ3) is 8.34. The van der Waals surface area contributed by atoms with E-state index in [0.717, 1.165) is 24.0 Å². The Morgan fingerprint density at radius 1 is 1.18 bits per heavy atom. The lowest BCUT2D eigenvalue weighted by atomic mass is 10.0. The van der Waals surface area contributed by atoms with Crippen LogP contribution in [-0.2, 0) is 14.3 Å². The number of carbonyl (C=O) groups excluding carboxylic acids is 3. The van der Waals surface area contributed by atoms with Gasteiger partial charge < -0.3 is 35.8 Å². The zero-order valence-corrected chi connectivity index (χ0v) is 20.9. The van der Waals surface area contributed by atoms with E-state index in [4.69, 9.17) is 15.2 Å². The second-order valence-corrected chi connectivity index (χ2v) is 8.79. The Morgan fingerprint density at radius 3 is 2.46 bits per heavy atom. The first-order valence-corrected chi connectivity index (χ1v) is 11.6. The predicted molar refractivity (Wildman–Crippen MR) is 124 cm³/mol. The largest absolute Gasteiger partial charge is 0.486 e. The molecule has 3 amide bonds. The molecular weight excluding hydrogens is 544 g/mol. The molecule has 0 aromatic heterocycles. The number of ether oxygens (including phenoxy) is 2. The number of aliphatic hydroxyl groups is 1. The molecule has 1 heterocycles. The van der Waals surface area contributed by atoms with E-state index in [1.807, 2.05) is 0 Å². The number of fused-ring (bicyclic) bond motifs is 1. The molecule has 1 aromatic rings. The first-order valence-electron chi connectivity index (χ1n) is 11.6. The number of alkyl carbamates (subject to hydrolysis) is 1. The maximum absolute atomic E-state index is 14.0. The Hall–Kier alpha value is -3.31. The van der Waals surface area contributed by atoms with E-state index in [1.165, 1.54) is 18.3 Å². The summed E-state index contributed by atoms with van der Waals surface area (Å²) in [6.07, 6.45) is -7.75. The topological polar surface area (TPSA) is 155 Å². The van der Waals surface area contributed by atoms with Gasteiger partial charge in [0.2, 0.25) is 5.91 Å². The molecule has 39 heavy (non-hydrogen) atoms. The summed E-state index contributed by atoms with van der Waals surface area (Å²) in [6, 6.07) is 2.00. The van der Waals surface area contributed by atoms with E-state index < -0.39 is 66.7 Å². The van der Waals surface area contributed by atoms with Gasteiger partial charge in [-0.25, -0.2) is 9.18 Å². The van der Waals surface area contributed by atoms with Crippen LogP contribution in [0.3, 0.4) is 0 Å². The van der Waals surface area contributed by atoms with Crippen LogP contribution in [0.4, 0.5) is 36.8 Å². The smallest absolute Gasteiger partial charge is 0.455 e. The average Bonchev–Trinajstić information content (AvgIpc) is 2.93. The molecule has 0 bridgehead atoms. The molecule has 17 heteroatoms. The molecule has 0 unspecified atom stereocenters. The van der Waals surface area contributed by atoms with Crippen molar-refractivity contribution in [1.29, 1.82) is 0 Å². The van der Waals surface area contributed by atoms with Crippen LogP contribution in [0.25, 0.3) is 0 Å². The number of alkyl halides is 5. The van der Waals surface area contributed by atoms with Gasteiger partial charge in [0.15, 0.2) is 5.60 Å². The molecule has 0 saturated carbocycles. The van der Waals surface area contributed by atoms with E-state index in [0.29, 0.717) is 0 Å². The van der Waals surface area contributed by atoms with E-state index >= 15 is 0 Å². The van der Waals surface area contributed by atoms with Gasteiger partial charge in [-0.15, -0.1) is 0 Å². The Balaban J connectivity index is 2.16. The molecule has 0 spiro atoms. The maximum Gasteiger partial charge on any atom is 0.455 e. The minimum atomic E-state index is -5.92. The fraction of sp³-hybridized carbons (Fsp3) is 0.591. The molecule has 0 saturated heterocycles. The summed E-state index contributed by atoms with van der Waals surface area (Å²) in [4.78, 5) is 38.3. The lowest BCUT2D eigenvalue weighted by Crippen LogP contribution is -2.60. The highest BCUT2D eigenvalue weighted by atomic mass is 19.4. The third-order valence-electron chi connectivity index (χ3n) is 5.53. The number of nitrogens with two attached hydrogens (primary N) is 1. The molecule has 0 radical (unpaired) electrons. The lowest BCUT2D eigenvalue weighted by molar-refractivity contribution is -0.279. The number of anilines is 1. The second kappa shape index (κ2) is 12.7. The van der Waals surface area contributed by atoms with Gasteiger partial charge in [0, 0.05) is 25.7 Å². The second-order valence-electron chi connectivity index (χ2n) is 8.79. The number of amides is 3. The highest BCUT2D eigenvalue weighted by Gasteiger charge is 2.57. The molecule has 6 N–H and O–H groups in total. The monoisotopic (exact) mass is 573 g/mol. The van der Waals surface area contributed by atoms with E-state index in [2.05, 4.69) is 10.6 Å². The van der Waals surface area contributed by atoms with Gasteiger partial charge in [-0.3, -0.25) is 14.9 Å². The summed E-state index contributed by atoms with van der Waals surface area (Å²) in [6.45, 7) is -0.950. The number of carbonyl (C=O) groups is 3. The third-order valence-corrected chi connectivity index (χ3v) is 5.53. The number of nitrogens with one attached hydrogen (secondary N) is 3. The first-order chi connectivity index (χ1) is 18.0. The SMILES string of the molecule is C[C@H]1Oc2ccc(F)cc2N(CCOC(=O)NCCN)C(=O)[C@H]1NC[C@](C)(O)C(=O)NCC(F)(F)C(F)(F)F. The average molecular weight is 573 g/mol. The van der Waals surface area contributed by atoms with Crippen molar-refractivity contribution in [2.75, 3.05) is 44.2 Å². The molecule has 0 fully saturated rings. The molecular formula is C22H29F6N5O6. The highest BCUT2D eigenvalue weighted by Crippen LogP contribution is 2.35. The van der Waals surface area contributed by atoms with Gasteiger partial charge in [-0.05, 0) is 26.0 Å². The van der Waals surface area contributed by atoms with Crippen molar-refractivity contribution in [3.8, 4) is 5.75 Å². The summed E-state index contributed by atoms with van der Waals surface area (Å²) < 4.78 is 88.1. The van der Waals surface area contributed by atoms with Crippen LogP contribution in [0.5, 0.6) is 5.75 Å². The van der Waals surface area contributed by atoms with Gasteiger partial charge in [-0.2, -0.15) is 22.0 Å². The quantitative estimate of drug-likeness (QED) is 0.242. The van der Waals surface area contributed by atoms with Crippen molar-refractivity contribution < 1.29 is 55.3 Å². The molecule has 220 valence electrons. The number of hydrogen-bond acceptors (Lipinski definition) is 8. The van der Waals surface area contributed by atoms with Crippen LogP contribution in [0.1, 0.15) is 13.8 Å². The summed E-state index contributed by atoms with van der Waals surface area (Å²) in [7, 11) is 0. The van der Waals surface area contributed by atoms with Crippen LogP contribution < -0.4 is 31.3 Å². The summed E-state index contributed by atoms with van der Waals surface area (Å²) in [5, 5.41) is 16.7. The van der Waals surface area contributed by atoms with Crippen LogP contribution >= 0.6 is 0 Å². The maximum atomic E-state index is 14.0. The molecule has 2 rings (SSSR count). The van der Waals surface area contributed by atoms with Crippen LogP contribution in [0, 0.1) is 5.82 Å². The minimum Gasteiger partial charge on any atom is -0.486 e. The number of hydrogen-bond donors (Lipinski definition) is 5. The molecule has 11 nitrogen and oxygen atoms in total. The number of halogens is 6. The Kier molecular flexibility index (Phi) is 10.4. The summed E-state index contributed by atoms with van der Waals surface area (Å²) in [5.41, 5.74) is 2.73. The molecule has 3 atom stereocenters. The fourth-order valence-corrected chi connectivity index (χ4v) is 3.37. The normalized spacial score (nSPS) is 19.3. The predicted octanol–water partition coefficient (Wildman–Crippen LogP) is 0.648. The lowest BCUT2D eigenvalue weighted by Gasteiger charge is -2.30. The number of rotatable bonds is 11. The van der Waals surface area contributed by atoms with Gasteiger partial charge in [0.1, 0.15) is 30.3 Å². The van der Waals surface area contributed by atoms with E-state index in [9.17, 15) is 45.8 Å². The zero-order valence-electron chi connectivity index (χ0n) is 20.9. The summed E-state index contributed by atoms with van der Waals surface area (Å²) >= 11 is 0. The molecule has 1 aromatic carbocycles. The number of benzene rings is 1. The molecule has 0 aliphatic carbocycles. The van der Waals surface area contributed by atoms with Crippen molar-refractivity contribution in [3.05, 3.63) is 24.0 Å².